The molecule has 146 valence electrons. The fourth-order valence-corrected chi connectivity index (χ4v) is 3.24. The molecule has 4 rings (SSSR count). The Bertz CT molecular complexity index is 1050. The van der Waals surface area contributed by atoms with Gasteiger partial charge in [-0.15, -0.1) is 0 Å². The molecule has 0 radical (unpaired) electrons. The molecular formula is C23H23N5O. The summed E-state index contributed by atoms with van der Waals surface area (Å²) in [5.41, 5.74) is 4.38. The van der Waals surface area contributed by atoms with Crippen LogP contribution in [0.5, 0.6) is 0 Å². The Labute approximate surface area is 170 Å². The number of fused-ring (bicyclic) bond motifs is 7. The fraction of sp³-hybridized carbons (Fsp3) is 0.174. The molecule has 1 aliphatic rings. The largest absolute Gasteiger partial charge is 0.349 e. The van der Waals surface area contributed by atoms with E-state index in [9.17, 15) is 4.79 Å². The molecule has 0 spiro atoms. The van der Waals surface area contributed by atoms with Crippen molar-refractivity contribution in [2.24, 2.45) is 0 Å². The summed E-state index contributed by atoms with van der Waals surface area (Å²) in [6, 6.07) is 17.6. The monoisotopic (exact) mass is 385 g/mol. The van der Waals surface area contributed by atoms with Gasteiger partial charge in [-0.1, -0.05) is 36.4 Å². The molecule has 1 amide bonds. The Kier molecular flexibility index (Phi) is 5.63. The van der Waals surface area contributed by atoms with Crippen LogP contribution in [0.4, 0.5) is 11.6 Å². The number of carbonyl (C=O) groups is 1. The third-order valence-corrected chi connectivity index (χ3v) is 4.68. The van der Waals surface area contributed by atoms with Crippen LogP contribution in [0.1, 0.15) is 15.9 Å². The summed E-state index contributed by atoms with van der Waals surface area (Å²) in [5.74, 6) is 0.417. The number of hydrogen-bond donors (Lipinski definition) is 2. The Morgan fingerprint density at radius 3 is 2.79 bits per heavy atom. The van der Waals surface area contributed by atoms with Crippen LogP contribution in [0.15, 0.2) is 72.9 Å². The highest BCUT2D eigenvalue weighted by atomic mass is 16.1. The zero-order valence-corrected chi connectivity index (χ0v) is 16.3. The number of benzene rings is 2. The van der Waals surface area contributed by atoms with Gasteiger partial charge in [0, 0.05) is 42.6 Å². The van der Waals surface area contributed by atoms with Gasteiger partial charge in [0.05, 0.1) is 5.69 Å². The van der Waals surface area contributed by atoms with Gasteiger partial charge in [-0.25, -0.2) is 9.97 Å². The van der Waals surface area contributed by atoms with Crippen molar-refractivity contribution in [3.8, 4) is 11.3 Å². The minimum absolute atomic E-state index is 0.103. The second kappa shape index (κ2) is 8.67. The maximum Gasteiger partial charge on any atom is 0.251 e. The van der Waals surface area contributed by atoms with Crippen molar-refractivity contribution in [3.05, 3.63) is 84.1 Å². The molecule has 3 aromatic rings. The molecule has 0 atom stereocenters. The van der Waals surface area contributed by atoms with Gasteiger partial charge >= 0.3 is 0 Å². The van der Waals surface area contributed by atoms with Crippen molar-refractivity contribution in [1.29, 1.82) is 0 Å². The third kappa shape index (κ3) is 4.86. The first kappa shape index (κ1) is 18.8. The third-order valence-electron chi connectivity index (χ3n) is 4.68. The molecular weight excluding hydrogens is 362 g/mol. The van der Waals surface area contributed by atoms with E-state index < -0.39 is 0 Å². The van der Waals surface area contributed by atoms with Crippen LogP contribution in [-0.4, -0.2) is 40.9 Å². The zero-order valence-electron chi connectivity index (χ0n) is 16.3. The summed E-state index contributed by atoms with van der Waals surface area (Å²) < 4.78 is 0. The van der Waals surface area contributed by atoms with Crippen molar-refractivity contribution in [1.82, 2.24) is 20.2 Å². The molecule has 2 N–H and O–H groups in total. The number of carbonyl (C=O) groups excluding carboxylic acids is 1. The lowest BCUT2D eigenvalue weighted by Crippen LogP contribution is -2.23. The average molecular weight is 385 g/mol. The number of rotatable bonds is 0. The number of hydrogen-bond acceptors (Lipinski definition) is 5. The van der Waals surface area contributed by atoms with Crippen LogP contribution in [-0.2, 0) is 6.54 Å². The highest BCUT2D eigenvalue weighted by molar-refractivity contribution is 5.95. The summed E-state index contributed by atoms with van der Waals surface area (Å²) in [4.78, 5) is 23.6. The standard InChI is InChI=1S/C23H23N5O/c1-28-13-3-2-11-24-22(29)19-8-5-7-18(15-19)21-10-12-25-23(27-21)26-20-9-4-6-17(14-20)16-28/h2-10,12,14-15H,11,13,16H2,1H3,(H,24,29)(H,25,26,27). The molecule has 6 heteroatoms. The molecule has 29 heavy (non-hydrogen) atoms. The molecule has 1 aliphatic heterocycles. The number of aromatic nitrogens is 2. The highest BCUT2D eigenvalue weighted by Crippen LogP contribution is 2.21. The predicted molar refractivity (Wildman–Crippen MR) is 115 cm³/mol. The number of anilines is 2. The SMILES string of the molecule is CN1CC=CCNC(=O)c2cccc(c2)-c2ccnc(n2)Nc2cccc(c2)C1. The van der Waals surface area contributed by atoms with Crippen LogP contribution in [0.2, 0.25) is 0 Å². The summed E-state index contributed by atoms with van der Waals surface area (Å²) >= 11 is 0. The maximum atomic E-state index is 12.5. The van der Waals surface area contributed by atoms with Gasteiger partial charge in [0.2, 0.25) is 5.95 Å². The first-order valence-electron chi connectivity index (χ1n) is 9.58. The van der Waals surface area contributed by atoms with Gasteiger partial charge in [-0.05, 0) is 42.9 Å². The van der Waals surface area contributed by atoms with Crippen LogP contribution in [0.3, 0.4) is 0 Å². The summed E-state index contributed by atoms with van der Waals surface area (Å²) in [6.45, 7) is 2.11. The first-order chi connectivity index (χ1) is 14.2. The van der Waals surface area contributed by atoms with Gasteiger partial charge < -0.3 is 10.6 Å². The van der Waals surface area contributed by atoms with Crippen molar-refractivity contribution in [2.45, 2.75) is 6.54 Å². The van der Waals surface area contributed by atoms with E-state index in [2.05, 4.69) is 50.8 Å². The smallest absolute Gasteiger partial charge is 0.251 e. The second-order valence-electron chi connectivity index (χ2n) is 7.05. The molecule has 0 saturated heterocycles. The van der Waals surface area contributed by atoms with Crippen LogP contribution in [0.25, 0.3) is 11.3 Å². The molecule has 6 bridgehead atoms. The molecule has 6 nitrogen and oxygen atoms in total. The molecule has 2 heterocycles. The minimum atomic E-state index is -0.103. The van der Waals surface area contributed by atoms with Gasteiger partial charge in [-0.2, -0.15) is 0 Å². The van der Waals surface area contributed by atoms with Crippen LogP contribution < -0.4 is 10.6 Å². The normalized spacial score (nSPS) is 15.0. The lowest BCUT2D eigenvalue weighted by atomic mass is 10.1. The molecule has 2 aromatic carbocycles. The Balaban J connectivity index is 1.70. The summed E-state index contributed by atoms with van der Waals surface area (Å²) in [5, 5.41) is 6.22. The molecule has 0 unspecified atom stereocenters. The average Bonchev–Trinajstić information content (AvgIpc) is 2.73. The van der Waals surface area contributed by atoms with E-state index in [0.29, 0.717) is 18.1 Å². The van der Waals surface area contributed by atoms with E-state index >= 15 is 0 Å². The number of nitrogens with zero attached hydrogens (tertiary/aromatic N) is 3. The number of nitrogens with one attached hydrogen (secondary N) is 2. The maximum absolute atomic E-state index is 12.5. The van der Waals surface area contributed by atoms with Crippen molar-refractivity contribution in [2.75, 3.05) is 25.5 Å². The van der Waals surface area contributed by atoms with E-state index in [1.807, 2.05) is 42.5 Å². The van der Waals surface area contributed by atoms with E-state index in [4.69, 9.17) is 0 Å². The van der Waals surface area contributed by atoms with Gasteiger partial charge in [0.15, 0.2) is 0 Å². The zero-order chi connectivity index (χ0) is 20.1. The van der Waals surface area contributed by atoms with Crippen molar-refractivity contribution in [3.63, 3.8) is 0 Å². The highest BCUT2D eigenvalue weighted by Gasteiger charge is 2.09. The van der Waals surface area contributed by atoms with Crippen molar-refractivity contribution < 1.29 is 4.79 Å². The number of likely N-dealkylation sites (N-methyl/N-ethyl adjacent to an activating group) is 1. The Morgan fingerprint density at radius 1 is 1.00 bits per heavy atom. The van der Waals surface area contributed by atoms with E-state index in [0.717, 1.165) is 30.0 Å². The topological polar surface area (TPSA) is 70.2 Å². The number of amides is 1. The van der Waals surface area contributed by atoms with Crippen LogP contribution in [0, 0.1) is 0 Å². The van der Waals surface area contributed by atoms with E-state index in [-0.39, 0.29) is 5.91 Å². The van der Waals surface area contributed by atoms with E-state index in [1.165, 1.54) is 5.56 Å². The van der Waals surface area contributed by atoms with Gasteiger partial charge in [0.1, 0.15) is 0 Å². The molecule has 0 fully saturated rings. The van der Waals surface area contributed by atoms with Gasteiger partial charge in [-0.3, -0.25) is 9.69 Å². The van der Waals surface area contributed by atoms with Crippen molar-refractivity contribution >= 4 is 17.5 Å². The molecule has 0 saturated carbocycles. The lowest BCUT2D eigenvalue weighted by Gasteiger charge is -2.15. The summed E-state index contributed by atoms with van der Waals surface area (Å²) in [7, 11) is 2.07. The Hall–Kier alpha value is -3.51. The lowest BCUT2D eigenvalue weighted by molar-refractivity contribution is 0.0958. The first-order valence-corrected chi connectivity index (χ1v) is 9.58. The summed E-state index contributed by atoms with van der Waals surface area (Å²) in [6.07, 6.45) is 5.77. The molecule has 1 aromatic heterocycles. The second-order valence-corrected chi connectivity index (χ2v) is 7.05. The Morgan fingerprint density at radius 2 is 1.86 bits per heavy atom. The molecule has 0 aliphatic carbocycles. The van der Waals surface area contributed by atoms with Gasteiger partial charge in [0.25, 0.3) is 5.91 Å². The quantitative estimate of drug-likeness (QED) is 0.579. The minimum Gasteiger partial charge on any atom is -0.349 e. The fourth-order valence-electron chi connectivity index (χ4n) is 3.24. The van der Waals surface area contributed by atoms with E-state index in [1.54, 1.807) is 12.3 Å². The van der Waals surface area contributed by atoms with Crippen LogP contribution >= 0.6 is 0 Å². The predicted octanol–water partition coefficient (Wildman–Crippen LogP) is 3.62.